The molecule has 6 heteroatoms. The minimum Gasteiger partial charge on any atom is -0.481 e. The van der Waals surface area contributed by atoms with Crippen LogP contribution in [0.5, 0.6) is 0 Å². The zero-order chi connectivity index (χ0) is 13.9. The molecule has 2 N–H and O–H groups in total. The van der Waals surface area contributed by atoms with Crippen LogP contribution >= 0.6 is 22.6 Å². The van der Waals surface area contributed by atoms with Crippen molar-refractivity contribution in [2.45, 2.75) is 13.8 Å². The summed E-state index contributed by atoms with van der Waals surface area (Å²) in [5, 5.41) is 11.4. The second-order valence-electron chi connectivity index (χ2n) is 4.50. The van der Waals surface area contributed by atoms with Crippen molar-refractivity contribution in [1.29, 1.82) is 0 Å². The van der Waals surface area contributed by atoms with Crippen LogP contribution in [0.1, 0.15) is 24.2 Å². The van der Waals surface area contributed by atoms with Crippen LogP contribution in [-0.2, 0) is 4.79 Å². The molecule has 0 spiro atoms. The number of nitrogens with one attached hydrogen (secondary N) is 1. The van der Waals surface area contributed by atoms with Gasteiger partial charge in [0.25, 0.3) is 5.91 Å². The molecular formula is C12H13FINO3. The molecule has 98 valence electrons. The molecule has 0 radical (unpaired) electrons. The van der Waals surface area contributed by atoms with E-state index in [0.717, 1.165) is 0 Å². The van der Waals surface area contributed by atoms with Gasteiger partial charge in [-0.05, 0) is 54.6 Å². The Labute approximate surface area is 118 Å². The topological polar surface area (TPSA) is 66.4 Å². The molecule has 1 aromatic carbocycles. The summed E-state index contributed by atoms with van der Waals surface area (Å²) in [5.41, 5.74) is -0.709. The minimum absolute atomic E-state index is 0.00855. The lowest BCUT2D eigenvalue weighted by Gasteiger charge is -2.19. The fraction of sp³-hybridized carbons (Fsp3) is 0.333. The number of amides is 1. The van der Waals surface area contributed by atoms with Gasteiger partial charge in [-0.3, -0.25) is 9.59 Å². The molecule has 1 amide bonds. The van der Waals surface area contributed by atoms with Gasteiger partial charge in [0.2, 0.25) is 0 Å². The third-order valence-corrected chi connectivity index (χ3v) is 3.34. The van der Waals surface area contributed by atoms with Gasteiger partial charge in [-0.2, -0.15) is 0 Å². The highest BCUT2D eigenvalue weighted by atomic mass is 127. The van der Waals surface area contributed by atoms with Gasteiger partial charge in [0.15, 0.2) is 0 Å². The van der Waals surface area contributed by atoms with E-state index in [4.69, 9.17) is 5.11 Å². The number of benzene rings is 1. The van der Waals surface area contributed by atoms with Gasteiger partial charge in [0, 0.05) is 10.1 Å². The van der Waals surface area contributed by atoms with Crippen LogP contribution < -0.4 is 5.32 Å². The summed E-state index contributed by atoms with van der Waals surface area (Å²) in [6.45, 7) is 3.05. The number of hydrogen-bond donors (Lipinski definition) is 2. The maximum Gasteiger partial charge on any atom is 0.310 e. The van der Waals surface area contributed by atoms with E-state index in [1.807, 2.05) is 22.6 Å². The molecule has 0 heterocycles. The molecule has 4 nitrogen and oxygen atoms in total. The largest absolute Gasteiger partial charge is 0.481 e. The van der Waals surface area contributed by atoms with Gasteiger partial charge >= 0.3 is 5.97 Å². The van der Waals surface area contributed by atoms with Crippen molar-refractivity contribution >= 4 is 34.5 Å². The van der Waals surface area contributed by atoms with Crippen molar-refractivity contribution in [1.82, 2.24) is 5.32 Å². The molecule has 0 atom stereocenters. The van der Waals surface area contributed by atoms with Gasteiger partial charge in [-0.1, -0.05) is 0 Å². The zero-order valence-corrected chi connectivity index (χ0v) is 12.1. The predicted molar refractivity (Wildman–Crippen MR) is 72.9 cm³/mol. The van der Waals surface area contributed by atoms with Crippen LogP contribution in [0, 0.1) is 14.8 Å². The van der Waals surface area contributed by atoms with Gasteiger partial charge in [0.05, 0.1) is 11.0 Å². The fourth-order valence-electron chi connectivity index (χ4n) is 1.15. The molecule has 0 aliphatic carbocycles. The molecule has 18 heavy (non-hydrogen) atoms. The molecule has 1 rings (SSSR count). The number of halogens is 2. The zero-order valence-electron chi connectivity index (χ0n) is 9.96. The Bertz CT molecular complexity index is 488. The number of hydrogen-bond acceptors (Lipinski definition) is 2. The summed E-state index contributed by atoms with van der Waals surface area (Å²) in [6.07, 6.45) is 0. The fourth-order valence-corrected chi connectivity index (χ4v) is 1.87. The second kappa shape index (κ2) is 5.64. The van der Waals surface area contributed by atoms with Crippen LogP contribution in [0.15, 0.2) is 18.2 Å². The summed E-state index contributed by atoms with van der Waals surface area (Å²) < 4.78 is 13.4. The highest BCUT2D eigenvalue weighted by Crippen LogP contribution is 2.16. The molecule has 0 aliphatic heterocycles. The summed E-state index contributed by atoms with van der Waals surface area (Å²) in [5.74, 6) is -1.81. The van der Waals surface area contributed by atoms with E-state index in [-0.39, 0.29) is 6.54 Å². The van der Waals surface area contributed by atoms with E-state index in [9.17, 15) is 14.0 Å². The maximum absolute atomic E-state index is 12.9. The third-order valence-electron chi connectivity index (χ3n) is 2.45. The molecule has 0 saturated carbocycles. The molecule has 0 fully saturated rings. The van der Waals surface area contributed by atoms with E-state index in [1.54, 1.807) is 0 Å². The summed E-state index contributed by atoms with van der Waals surface area (Å²) in [7, 11) is 0. The predicted octanol–water partition coefficient (Wildman–Crippen LogP) is 2.27. The smallest absolute Gasteiger partial charge is 0.310 e. The lowest BCUT2D eigenvalue weighted by molar-refractivity contribution is -0.146. The number of carbonyl (C=O) groups excluding carboxylic acids is 1. The van der Waals surface area contributed by atoms with Crippen molar-refractivity contribution in [2.75, 3.05) is 6.54 Å². The van der Waals surface area contributed by atoms with Crippen LogP contribution in [0.3, 0.4) is 0 Å². The first-order valence-electron chi connectivity index (χ1n) is 5.20. The van der Waals surface area contributed by atoms with Crippen LogP contribution in [-0.4, -0.2) is 23.5 Å². The average molecular weight is 365 g/mol. The van der Waals surface area contributed by atoms with Crippen molar-refractivity contribution in [2.24, 2.45) is 5.41 Å². The number of carboxylic acids is 1. The van der Waals surface area contributed by atoms with Crippen LogP contribution in [0.2, 0.25) is 0 Å². The molecule has 0 aliphatic rings. The molecule has 0 bridgehead atoms. The van der Waals surface area contributed by atoms with Crippen LogP contribution in [0.25, 0.3) is 0 Å². The number of carboxylic acid groups (broad SMARTS) is 1. The van der Waals surface area contributed by atoms with Crippen molar-refractivity contribution in [3.63, 3.8) is 0 Å². The Morgan fingerprint density at radius 1 is 1.44 bits per heavy atom. The third kappa shape index (κ3) is 3.66. The highest BCUT2D eigenvalue weighted by Gasteiger charge is 2.27. The van der Waals surface area contributed by atoms with Gasteiger partial charge in [-0.15, -0.1) is 0 Å². The first-order chi connectivity index (χ1) is 8.24. The first-order valence-corrected chi connectivity index (χ1v) is 6.28. The highest BCUT2D eigenvalue weighted by molar-refractivity contribution is 14.1. The van der Waals surface area contributed by atoms with Crippen molar-refractivity contribution < 1.29 is 19.1 Å². The number of rotatable bonds is 4. The van der Waals surface area contributed by atoms with Gasteiger partial charge in [-0.25, -0.2) is 4.39 Å². The maximum atomic E-state index is 12.9. The molecule has 0 unspecified atom stereocenters. The molecule has 0 saturated heterocycles. The Hall–Kier alpha value is -1.18. The average Bonchev–Trinajstić information content (AvgIpc) is 2.25. The van der Waals surface area contributed by atoms with E-state index in [2.05, 4.69) is 5.32 Å². The monoisotopic (exact) mass is 365 g/mol. The molecule has 1 aromatic rings. The van der Waals surface area contributed by atoms with E-state index < -0.39 is 23.1 Å². The molecular weight excluding hydrogens is 352 g/mol. The first kappa shape index (κ1) is 14.9. The number of carbonyl (C=O) groups is 2. The normalized spacial score (nSPS) is 11.1. The van der Waals surface area contributed by atoms with Crippen molar-refractivity contribution in [3.05, 3.63) is 33.1 Å². The SMILES string of the molecule is CC(C)(CNC(=O)c1ccc(F)cc1I)C(=O)O. The Morgan fingerprint density at radius 3 is 2.56 bits per heavy atom. The minimum atomic E-state index is -1.04. The quantitative estimate of drug-likeness (QED) is 0.805. The lowest BCUT2D eigenvalue weighted by Crippen LogP contribution is -2.39. The van der Waals surface area contributed by atoms with E-state index in [0.29, 0.717) is 9.13 Å². The Morgan fingerprint density at radius 2 is 2.06 bits per heavy atom. The van der Waals surface area contributed by atoms with E-state index in [1.165, 1.54) is 32.0 Å². The Balaban J connectivity index is 2.75. The summed E-state index contributed by atoms with van der Waals surface area (Å²) in [4.78, 5) is 22.7. The Kier molecular flexibility index (Phi) is 4.66. The van der Waals surface area contributed by atoms with Crippen LogP contribution in [0.4, 0.5) is 4.39 Å². The van der Waals surface area contributed by atoms with Gasteiger partial charge in [0.1, 0.15) is 5.82 Å². The number of aliphatic carboxylic acids is 1. The summed E-state index contributed by atoms with van der Waals surface area (Å²) in [6, 6.07) is 3.82. The van der Waals surface area contributed by atoms with Crippen molar-refractivity contribution in [3.8, 4) is 0 Å². The second-order valence-corrected chi connectivity index (χ2v) is 5.66. The standard InChI is InChI=1S/C12H13FINO3/c1-12(2,11(17)18)6-15-10(16)8-4-3-7(13)5-9(8)14/h3-5H,6H2,1-2H3,(H,15,16)(H,17,18). The van der Waals surface area contributed by atoms with Gasteiger partial charge < -0.3 is 10.4 Å². The summed E-state index contributed by atoms with van der Waals surface area (Å²) >= 11 is 1.86. The lowest BCUT2D eigenvalue weighted by atomic mass is 9.94. The van der Waals surface area contributed by atoms with E-state index >= 15 is 0 Å². The molecule has 0 aromatic heterocycles.